The number of carbonyl (C=O) groups excluding carboxylic acids is 2. The summed E-state index contributed by atoms with van der Waals surface area (Å²) in [6.07, 6.45) is -0.916. The third kappa shape index (κ3) is 1.53. The average molecular weight is 170 g/mol. The topological polar surface area (TPSA) is 74.6 Å². The lowest BCUT2D eigenvalue weighted by atomic mass is 9.92. The van der Waals surface area contributed by atoms with Crippen molar-refractivity contribution in [2.45, 2.75) is 25.9 Å². The van der Waals surface area contributed by atoms with Crippen LogP contribution in [0, 0.1) is 0 Å². The molecule has 0 radical (unpaired) electrons. The summed E-state index contributed by atoms with van der Waals surface area (Å²) in [7, 11) is 0. The van der Waals surface area contributed by atoms with E-state index in [2.05, 4.69) is 0 Å². The van der Waals surface area contributed by atoms with E-state index in [1.54, 1.807) is 0 Å². The molecule has 0 saturated heterocycles. The molecule has 0 heterocycles. The maximum Gasteiger partial charge on any atom is 0.172 e. The first kappa shape index (κ1) is 8.93. The van der Waals surface area contributed by atoms with E-state index in [0.29, 0.717) is 0 Å². The molecule has 1 rings (SSSR count). The molecule has 0 aromatic rings. The molecular weight excluding hydrogens is 160 g/mol. The summed E-state index contributed by atoms with van der Waals surface area (Å²) in [6.45, 7) is 1.22. The lowest BCUT2D eigenvalue weighted by molar-refractivity contribution is -0.122. The number of ketones is 2. The molecule has 0 aromatic carbocycles. The molecule has 12 heavy (non-hydrogen) atoms. The quantitative estimate of drug-likeness (QED) is 0.548. The van der Waals surface area contributed by atoms with Gasteiger partial charge in [-0.25, -0.2) is 0 Å². The van der Waals surface area contributed by atoms with Crippen LogP contribution < -0.4 is 0 Å². The van der Waals surface area contributed by atoms with Crippen LogP contribution in [0.3, 0.4) is 0 Å². The van der Waals surface area contributed by atoms with Gasteiger partial charge in [-0.05, 0) is 6.92 Å². The Morgan fingerprint density at radius 2 is 2.08 bits per heavy atom. The molecule has 4 nitrogen and oxygen atoms in total. The van der Waals surface area contributed by atoms with Crippen molar-refractivity contribution in [3.05, 3.63) is 11.3 Å². The molecule has 4 heteroatoms. The summed E-state index contributed by atoms with van der Waals surface area (Å²) in [5, 5.41) is 18.2. The highest BCUT2D eigenvalue weighted by Crippen LogP contribution is 2.20. The zero-order valence-corrected chi connectivity index (χ0v) is 6.70. The predicted molar refractivity (Wildman–Crippen MR) is 40.6 cm³/mol. The Kier molecular flexibility index (Phi) is 2.28. The Morgan fingerprint density at radius 3 is 2.50 bits per heavy atom. The monoisotopic (exact) mass is 170 g/mol. The van der Waals surface area contributed by atoms with Gasteiger partial charge in [0, 0.05) is 12.8 Å². The maximum absolute atomic E-state index is 11.1. The van der Waals surface area contributed by atoms with Crippen LogP contribution in [-0.4, -0.2) is 27.9 Å². The largest absolute Gasteiger partial charge is 0.511 e. The van der Waals surface area contributed by atoms with Gasteiger partial charge < -0.3 is 10.2 Å². The van der Waals surface area contributed by atoms with Crippen LogP contribution in [0.2, 0.25) is 0 Å². The second-order valence-electron chi connectivity index (χ2n) is 2.86. The molecule has 0 aromatic heterocycles. The number of aliphatic hydroxyl groups is 2. The molecule has 0 aliphatic heterocycles. The fourth-order valence-electron chi connectivity index (χ4n) is 1.27. The first-order valence-electron chi connectivity index (χ1n) is 3.66. The van der Waals surface area contributed by atoms with Crippen molar-refractivity contribution < 1.29 is 19.8 Å². The molecule has 2 N–H and O–H groups in total. The molecule has 1 atom stereocenters. The molecule has 0 spiro atoms. The van der Waals surface area contributed by atoms with E-state index in [-0.39, 0.29) is 24.2 Å². The molecule has 1 unspecified atom stereocenters. The van der Waals surface area contributed by atoms with Crippen LogP contribution in [0.4, 0.5) is 0 Å². The lowest BCUT2D eigenvalue weighted by Crippen LogP contribution is -2.26. The van der Waals surface area contributed by atoms with Gasteiger partial charge in [0.05, 0.1) is 11.7 Å². The maximum atomic E-state index is 11.1. The van der Waals surface area contributed by atoms with Gasteiger partial charge >= 0.3 is 0 Å². The summed E-state index contributed by atoms with van der Waals surface area (Å²) in [5.41, 5.74) is -0.152. The van der Waals surface area contributed by atoms with Crippen LogP contribution in [0.5, 0.6) is 0 Å². The minimum Gasteiger partial charge on any atom is -0.511 e. The highest BCUT2D eigenvalue weighted by atomic mass is 16.3. The Morgan fingerprint density at radius 1 is 1.50 bits per heavy atom. The van der Waals surface area contributed by atoms with E-state index in [4.69, 9.17) is 10.2 Å². The van der Waals surface area contributed by atoms with Gasteiger partial charge in [0.1, 0.15) is 5.76 Å². The van der Waals surface area contributed by atoms with Crippen molar-refractivity contribution in [3.8, 4) is 0 Å². The summed E-state index contributed by atoms with van der Waals surface area (Å²) in [5.74, 6) is -1.20. The van der Waals surface area contributed by atoms with Crippen LogP contribution in [0.1, 0.15) is 19.8 Å². The van der Waals surface area contributed by atoms with Gasteiger partial charge in [-0.3, -0.25) is 9.59 Å². The fourth-order valence-corrected chi connectivity index (χ4v) is 1.27. The molecule has 66 valence electrons. The Hall–Kier alpha value is -1.16. The van der Waals surface area contributed by atoms with Gasteiger partial charge in [0.2, 0.25) is 0 Å². The second kappa shape index (κ2) is 3.06. The first-order valence-corrected chi connectivity index (χ1v) is 3.66. The molecular formula is C8H10O4. The Balaban J connectivity index is 3.01. The molecule has 0 bridgehead atoms. The van der Waals surface area contributed by atoms with Crippen LogP contribution >= 0.6 is 0 Å². The standard InChI is InChI=1S/C8H10O4/c1-4(9)8-6(11)2-5(10)3-7(8)12/h5,10-11H,2-3H2,1H3. The summed E-state index contributed by atoms with van der Waals surface area (Å²) < 4.78 is 0. The first-order chi connectivity index (χ1) is 5.52. The van der Waals surface area contributed by atoms with Crippen LogP contribution in [0.25, 0.3) is 0 Å². The van der Waals surface area contributed by atoms with Gasteiger partial charge in [-0.2, -0.15) is 0 Å². The molecule has 0 saturated carbocycles. The van der Waals surface area contributed by atoms with Crippen LogP contribution in [-0.2, 0) is 9.59 Å². The van der Waals surface area contributed by atoms with E-state index in [9.17, 15) is 9.59 Å². The third-order valence-corrected chi connectivity index (χ3v) is 1.77. The minimum absolute atomic E-state index is 0.000648. The average Bonchev–Trinajstić information content (AvgIpc) is 1.82. The van der Waals surface area contributed by atoms with E-state index in [1.807, 2.05) is 0 Å². The zero-order chi connectivity index (χ0) is 9.30. The lowest BCUT2D eigenvalue weighted by Gasteiger charge is -2.17. The SMILES string of the molecule is CC(=O)C1=C(O)CC(O)CC1=O. The number of rotatable bonds is 1. The second-order valence-corrected chi connectivity index (χ2v) is 2.86. The van der Waals surface area contributed by atoms with Crippen molar-refractivity contribution in [2.24, 2.45) is 0 Å². The van der Waals surface area contributed by atoms with Crippen LogP contribution in [0.15, 0.2) is 11.3 Å². The van der Waals surface area contributed by atoms with E-state index < -0.39 is 17.7 Å². The Labute approximate surface area is 69.5 Å². The number of hydrogen-bond acceptors (Lipinski definition) is 4. The highest BCUT2D eigenvalue weighted by molar-refractivity contribution is 6.20. The summed E-state index contributed by atoms with van der Waals surface area (Å²) in [4.78, 5) is 21.9. The van der Waals surface area contributed by atoms with Crippen molar-refractivity contribution >= 4 is 11.6 Å². The van der Waals surface area contributed by atoms with E-state index >= 15 is 0 Å². The predicted octanol–water partition coefficient (Wildman–Crippen LogP) is 0.111. The molecule has 1 aliphatic rings. The highest BCUT2D eigenvalue weighted by Gasteiger charge is 2.28. The van der Waals surface area contributed by atoms with E-state index in [0.717, 1.165) is 0 Å². The van der Waals surface area contributed by atoms with Gasteiger partial charge in [0.15, 0.2) is 11.6 Å². The molecule has 0 amide bonds. The normalized spacial score (nSPS) is 24.5. The molecule has 1 aliphatic carbocycles. The summed E-state index contributed by atoms with van der Waals surface area (Å²) in [6, 6.07) is 0. The third-order valence-electron chi connectivity index (χ3n) is 1.77. The van der Waals surface area contributed by atoms with Gasteiger partial charge in [-0.15, -0.1) is 0 Å². The fraction of sp³-hybridized carbons (Fsp3) is 0.500. The number of hydrogen-bond donors (Lipinski definition) is 2. The smallest absolute Gasteiger partial charge is 0.172 e. The summed E-state index contributed by atoms with van der Waals surface area (Å²) >= 11 is 0. The van der Waals surface area contributed by atoms with Gasteiger partial charge in [0.25, 0.3) is 0 Å². The van der Waals surface area contributed by atoms with Crippen molar-refractivity contribution in [1.82, 2.24) is 0 Å². The van der Waals surface area contributed by atoms with Gasteiger partial charge in [-0.1, -0.05) is 0 Å². The number of Topliss-reactive ketones (excluding diaryl/α,β-unsaturated/α-hetero) is 2. The number of aliphatic hydroxyl groups excluding tert-OH is 2. The zero-order valence-electron chi connectivity index (χ0n) is 6.70. The van der Waals surface area contributed by atoms with Crippen molar-refractivity contribution in [1.29, 1.82) is 0 Å². The van der Waals surface area contributed by atoms with Crippen molar-refractivity contribution in [2.75, 3.05) is 0 Å². The minimum atomic E-state index is -0.847. The van der Waals surface area contributed by atoms with E-state index in [1.165, 1.54) is 6.92 Å². The Bertz CT molecular complexity index is 264. The van der Waals surface area contributed by atoms with Crippen molar-refractivity contribution in [3.63, 3.8) is 0 Å². The number of allylic oxidation sites excluding steroid dienone is 1. The number of carbonyl (C=O) groups is 2. The molecule has 0 fully saturated rings.